The fraction of sp³-hybridized carbons (Fsp3) is 0.250. The lowest BCUT2D eigenvalue weighted by Crippen LogP contribution is -2.33. The van der Waals surface area contributed by atoms with E-state index in [-0.39, 0.29) is 0 Å². The van der Waals surface area contributed by atoms with Crippen LogP contribution in [-0.4, -0.2) is 15.0 Å². The van der Waals surface area contributed by atoms with Crippen LogP contribution in [-0.2, 0) is 10.2 Å². The molecule has 0 aliphatic heterocycles. The lowest BCUT2D eigenvalue weighted by atomic mass is 10.1. The van der Waals surface area contributed by atoms with Gasteiger partial charge in [0.05, 0.1) is 0 Å². The summed E-state index contributed by atoms with van der Waals surface area (Å²) in [7, 11) is -4.06. The summed E-state index contributed by atoms with van der Waals surface area (Å²) in [6.45, 7) is -0.751. The minimum Gasteiger partial charge on any atom is -0.241 e. The number of hydrogen-bond acceptors (Lipinski definition) is 2. The maximum absolute atomic E-state index is 13.3. The highest BCUT2D eigenvalue weighted by Crippen LogP contribution is 2.21. The zero-order valence-electron chi connectivity index (χ0n) is 7.95. The van der Waals surface area contributed by atoms with Crippen molar-refractivity contribution in [3.05, 3.63) is 35.4 Å². The molecule has 8 heteroatoms. The molecule has 0 spiro atoms. The summed E-state index contributed by atoms with van der Waals surface area (Å²) in [5.74, 6) is -1.76. The van der Waals surface area contributed by atoms with Gasteiger partial charge in [0.15, 0.2) is 0 Å². The van der Waals surface area contributed by atoms with E-state index >= 15 is 0 Å². The van der Waals surface area contributed by atoms with E-state index in [0.29, 0.717) is 6.07 Å². The molecule has 0 aromatic heterocycles. The summed E-state index contributed by atoms with van der Waals surface area (Å²) in [4.78, 5) is 0. The highest BCUT2D eigenvalue weighted by atomic mass is 32.2. The van der Waals surface area contributed by atoms with E-state index < -0.39 is 40.1 Å². The van der Waals surface area contributed by atoms with Gasteiger partial charge in [-0.3, -0.25) is 0 Å². The van der Waals surface area contributed by atoms with E-state index in [0.717, 1.165) is 12.1 Å². The molecule has 0 amide bonds. The second kappa shape index (κ2) is 4.81. The molecule has 1 rings (SSSR count). The van der Waals surface area contributed by atoms with E-state index in [1.165, 1.54) is 0 Å². The molecule has 0 aliphatic carbocycles. The summed E-state index contributed by atoms with van der Waals surface area (Å²) in [6, 6.07) is 2.25. The maximum Gasteiger partial charge on any atom is 0.274 e. The van der Waals surface area contributed by atoms with Gasteiger partial charge < -0.3 is 0 Å². The van der Waals surface area contributed by atoms with Crippen molar-refractivity contribution < 1.29 is 21.6 Å². The number of rotatable bonds is 4. The molecular weight excluding hydrogens is 245 g/mol. The van der Waals surface area contributed by atoms with Crippen LogP contribution < -0.4 is 9.86 Å². The fourth-order valence-electron chi connectivity index (χ4n) is 1.05. The van der Waals surface area contributed by atoms with Gasteiger partial charge >= 0.3 is 0 Å². The SMILES string of the molecule is NS(=O)(=O)NCC(F)c1cc(F)ccc1F. The van der Waals surface area contributed by atoms with Gasteiger partial charge in [0.1, 0.15) is 17.8 Å². The molecule has 0 bridgehead atoms. The van der Waals surface area contributed by atoms with Crippen molar-refractivity contribution in [2.75, 3.05) is 6.54 Å². The van der Waals surface area contributed by atoms with Gasteiger partial charge in [-0.2, -0.15) is 13.1 Å². The van der Waals surface area contributed by atoms with Gasteiger partial charge in [-0.25, -0.2) is 18.3 Å². The summed E-state index contributed by atoms with van der Waals surface area (Å²) < 4.78 is 61.6. The average Bonchev–Trinajstić information content (AvgIpc) is 2.17. The van der Waals surface area contributed by atoms with Gasteiger partial charge in [-0.15, -0.1) is 0 Å². The highest BCUT2D eigenvalue weighted by Gasteiger charge is 2.17. The number of benzene rings is 1. The quantitative estimate of drug-likeness (QED) is 0.833. The van der Waals surface area contributed by atoms with Crippen LogP contribution in [0.25, 0.3) is 0 Å². The van der Waals surface area contributed by atoms with Gasteiger partial charge in [0, 0.05) is 12.1 Å². The van der Waals surface area contributed by atoms with Gasteiger partial charge in [0.25, 0.3) is 10.2 Å². The van der Waals surface area contributed by atoms with Crippen molar-refractivity contribution in [3.63, 3.8) is 0 Å². The molecular formula is C8H9F3N2O2S. The topological polar surface area (TPSA) is 72.2 Å². The van der Waals surface area contributed by atoms with Crippen molar-refractivity contribution in [1.82, 2.24) is 4.72 Å². The fourth-order valence-corrected chi connectivity index (χ4v) is 1.43. The predicted octanol–water partition coefficient (Wildman–Crippen LogP) is 0.769. The zero-order chi connectivity index (χ0) is 12.3. The number of nitrogens with two attached hydrogens (primary N) is 1. The van der Waals surface area contributed by atoms with Gasteiger partial charge in [-0.1, -0.05) is 0 Å². The van der Waals surface area contributed by atoms with Crippen molar-refractivity contribution >= 4 is 10.2 Å². The average molecular weight is 254 g/mol. The molecule has 1 unspecified atom stereocenters. The number of alkyl halides is 1. The van der Waals surface area contributed by atoms with Crippen LogP contribution in [0.3, 0.4) is 0 Å². The second-order valence-electron chi connectivity index (χ2n) is 3.03. The summed E-state index contributed by atoms with van der Waals surface area (Å²) in [6.07, 6.45) is -2.01. The third-order valence-corrected chi connectivity index (χ3v) is 2.33. The lowest BCUT2D eigenvalue weighted by molar-refractivity contribution is 0.331. The second-order valence-corrected chi connectivity index (χ2v) is 4.41. The molecule has 16 heavy (non-hydrogen) atoms. The lowest BCUT2D eigenvalue weighted by Gasteiger charge is -2.09. The zero-order valence-corrected chi connectivity index (χ0v) is 8.77. The molecule has 0 saturated heterocycles. The van der Waals surface area contributed by atoms with Crippen LogP contribution in [0.1, 0.15) is 11.7 Å². The molecule has 0 saturated carbocycles. The molecule has 3 N–H and O–H groups in total. The first kappa shape index (κ1) is 12.9. The molecule has 0 heterocycles. The molecule has 1 aromatic rings. The normalized spacial score (nSPS) is 13.8. The van der Waals surface area contributed by atoms with E-state index in [4.69, 9.17) is 0 Å². The molecule has 1 atom stereocenters. The standard InChI is InChI=1S/C8H9F3N2O2S/c9-5-1-2-7(10)6(3-5)8(11)4-13-16(12,14)15/h1-3,8,13H,4H2,(H2,12,14,15). The Bertz CT molecular complexity index is 478. The summed E-state index contributed by atoms with van der Waals surface area (Å²) >= 11 is 0. The maximum atomic E-state index is 13.3. The Hall–Kier alpha value is -1.12. The van der Waals surface area contributed by atoms with Crippen LogP contribution in [0.2, 0.25) is 0 Å². The molecule has 0 fully saturated rings. The van der Waals surface area contributed by atoms with Crippen LogP contribution in [0.15, 0.2) is 18.2 Å². The number of halogens is 3. The molecule has 0 aliphatic rings. The van der Waals surface area contributed by atoms with Crippen molar-refractivity contribution in [2.45, 2.75) is 6.17 Å². The Balaban J connectivity index is 2.80. The highest BCUT2D eigenvalue weighted by molar-refractivity contribution is 7.87. The Morgan fingerprint density at radius 2 is 2.00 bits per heavy atom. The molecule has 4 nitrogen and oxygen atoms in total. The minimum absolute atomic E-state index is 0.559. The Labute approximate surface area is 90.4 Å². The Kier molecular flexibility index (Phi) is 3.89. The first-order valence-electron chi connectivity index (χ1n) is 4.16. The smallest absolute Gasteiger partial charge is 0.241 e. The van der Waals surface area contributed by atoms with Crippen molar-refractivity contribution in [3.8, 4) is 0 Å². The van der Waals surface area contributed by atoms with Crippen LogP contribution in [0.5, 0.6) is 0 Å². The third kappa shape index (κ3) is 3.80. The largest absolute Gasteiger partial charge is 0.274 e. The van der Waals surface area contributed by atoms with Crippen molar-refractivity contribution in [2.24, 2.45) is 5.14 Å². The Morgan fingerprint density at radius 1 is 1.38 bits per heavy atom. The Morgan fingerprint density at radius 3 is 2.56 bits per heavy atom. The summed E-state index contributed by atoms with van der Waals surface area (Å²) in [5, 5.41) is 4.56. The minimum atomic E-state index is -4.06. The number of hydrogen-bond donors (Lipinski definition) is 2. The first-order chi connectivity index (χ1) is 7.29. The molecule has 1 aromatic carbocycles. The molecule has 0 radical (unpaired) electrons. The summed E-state index contributed by atoms with van der Waals surface area (Å²) in [5.41, 5.74) is -0.559. The monoisotopic (exact) mass is 254 g/mol. The van der Waals surface area contributed by atoms with E-state index in [2.05, 4.69) is 5.14 Å². The van der Waals surface area contributed by atoms with Crippen LogP contribution in [0.4, 0.5) is 13.2 Å². The van der Waals surface area contributed by atoms with Gasteiger partial charge in [0.2, 0.25) is 0 Å². The van der Waals surface area contributed by atoms with E-state index in [1.807, 2.05) is 0 Å². The third-order valence-electron chi connectivity index (χ3n) is 1.76. The van der Waals surface area contributed by atoms with Gasteiger partial charge in [-0.05, 0) is 18.2 Å². The molecule has 90 valence electrons. The first-order valence-corrected chi connectivity index (χ1v) is 5.70. The van der Waals surface area contributed by atoms with Crippen molar-refractivity contribution in [1.29, 1.82) is 0 Å². The number of nitrogens with one attached hydrogen (secondary N) is 1. The predicted molar refractivity (Wildman–Crippen MR) is 51.3 cm³/mol. The van der Waals surface area contributed by atoms with E-state index in [9.17, 15) is 21.6 Å². The van der Waals surface area contributed by atoms with Crippen LogP contribution in [0, 0.1) is 11.6 Å². The van der Waals surface area contributed by atoms with Crippen LogP contribution >= 0.6 is 0 Å². The van der Waals surface area contributed by atoms with E-state index in [1.54, 1.807) is 4.72 Å².